The number of rotatable bonds is 10. The third-order valence-electron chi connectivity index (χ3n) is 4.92. The first kappa shape index (κ1) is 24.8. The molecule has 0 radical (unpaired) electrons. The summed E-state index contributed by atoms with van der Waals surface area (Å²) in [6, 6.07) is 0. The summed E-state index contributed by atoms with van der Waals surface area (Å²) in [7, 11) is -6.29. The Kier molecular flexibility index (Phi) is 8.06. The molecule has 6 nitrogen and oxygen atoms in total. The predicted octanol–water partition coefficient (Wildman–Crippen LogP) is 3.97. The van der Waals surface area contributed by atoms with Crippen LogP contribution in [0.3, 0.4) is 0 Å². The fourth-order valence-corrected chi connectivity index (χ4v) is 3.47. The Morgan fingerprint density at radius 1 is 1.18 bits per heavy atom. The highest BCUT2D eigenvalue weighted by molar-refractivity contribution is 7.87. The second-order valence-corrected chi connectivity index (χ2v) is 8.73. The second kappa shape index (κ2) is 9.08. The maximum atomic E-state index is 13.3. The molecule has 1 rings (SSSR count). The quantitative estimate of drug-likeness (QED) is 0.184. The zero-order valence-electron chi connectivity index (χ0n) is 15.8. The number of ether oxygens (including phenoxy) is 2. The lowest BCUT2D eigenvalue weighted by Gasteiger charge is -2.40. The van der Waals surface area contributed by atoms with Gasteiger partial charge in [0.2, 0.25) is 0 Å². The molecule has 0 saturated heterocycles. The highest BCUT2D eigenvalue weighted by Gasteiger charge is 2.65. The van der Waals surface area contributed by atoms with Crippen molar-refractivity contribution in [3.8, 4) is 0 Å². The average molecular weight is 434 g/mol. The molecule has 0 aromatic carbocycles. The lowest BCUT2D eigenvalue weighted by atomic mass is 9.77. The Morgan fingerprint density at radius 3 is 2.18 bits per heavy atom. The molecule has 1 aliphatic rings. The Hall–Kier alpha value is -1.20. The first-order chi connectivity index (χ1) is 12.7. The molecule has 0 aromatic rings. The number of carbonyl (C=O) groups is 1. The lowest BCUT2D eigenvalue weighted by Crippen LogP contribution is -2.47. The minimum Gasteiger partial charge on any atom is -0.455 e. The zero-order chi connectivity index (χ0) is 21.8. The maximum Gasteiger partial charge on any atom is 0.431 e. The highest BCUT2D eigenvalue weighted by atomic mass is 32.2. The van der Waals surface area contributed by atoms with Crippen LogP contribution in [0.15, 0.2) is 12.2 Å². The number of hydrogen-bond donors (Lipinski definition) is 1. The number of hydrogen-bond acceptors (Lipinski definition) is 5. The van der Waals surface area contributed by atoms with Gasteiger partial charge in [-0.05, 0) is 31.6 Å². The van der Waals surface area contributed by atoms with Gasteiger partial charge in [0.1, 0.15) is 5.60 Å². The molecule has 0 aliphatic heterocycles. The van der Waals surface area contributed by atoms with Gasteiger partial charge in [0, 0.05) is 6.42 Å². The molecule has 0 atom stereocenters. The van der Waals surface area contributed by atoms with Crippen molar-refractivity contribution in [2.24, 2.45) is 5.92 Å². The molecule has 0 bridgehead atoms. The summed E-state index contributed by atoms with van der Waals surface area (Å²) in [5.41, 5.74) is -0.807. The highest BCUT2D eigenvalue weighted by Crippen LogP contribution is 2.41. The van der Waals surface area contributed by atoms with Crippen LogP contribution >= 0.6 is 0 Å². The van der Waals surface area contributed by atoms with E-state index in [0.717, 1.165) is 19.3 Å². The summed E-state index contributed by atoms with van der Waals surface area (Å²) in [4.78, 5) is 12.2. The van der Waals surface area contributed by atoms with Gasteiger partial charge >= 0.3 is 27.3 Å². The van der Waals surface area contributed by atoms with Crippen LogP contribution < -0.4 is 0 Å². The van der Waals surface area contributed by atoms with Crippen molar-refractivity contribution >= 4 is 16.1 Å². The smallest absolute Gasteiger partial charge is 0.431 e. The summed E-state index contributed by atoms with van der Waals surface area (Å²) in [6.45, 7) is 5.79. The minimum absolute atomic E-state index is 0.0619. The number of esters is 1. The molecule has 0 aromatic heterocycles. The van der Waals surface area contributed by atoms with Crippen LogP contribution in [0.1, 0.15) is 52.4 Å². The van der Waals surface area contributed by atoms with E-state index in [2.05, 4.69) is 6.58 Å². The monoisotopic (exact) mass is 434 g/mol. The minimum atomic E-state index is -6.29. The van der Waals surface area contributed by atoms with Crippen molar-refractivity contribution in [2.45, 2.75) is 69.2 Å². The van der Waals surface area contributed by atoms with E-state index in [1.165, 1.54) is 0 Å². The standard InChI is InChI=1S/C17H26F4O6S/c1-12(2)15(7-5-4-6-8-15)27-14(22)13(3)11-26-10-9-16(18,19)17(20,21)28(23,24)25/h12H,3-11H2,1-2H3,(H,23,24,25). The van der Waals surface area contributed by atoms with E-state index in [0.29, 0.717) is 12.8 Å². The summed E-state index contributed by atoms with van der Waals surface area (Å²) >= 11 is 0. The molecule has 164 valence electrons. The van der Waals surface area contributed by atoms with Crippen LogP contribution in [0.5, 0.6) is 0 Å². The maximum absolute atomic E-state index is 13.3. The molecule has 1 saturated carbocycles. The number of alkyl halides is 4. The van der Waals surface area contributed by atoms with E-state index in [9.17, 15) is 30.8 Å². The fourth-order valence-electron chi connectivity index (χ4n) is 2.99. The third-order valence-corrected chi connectivity index (χ3v) is 5.87. The van der Waals surface area contributed by atoms with Crippen LogP contribution in [0, 0.1) is 5.92 Å². The Morgan fingerprint density at radius 2 is 1.71 bits per heavy atom. The molecule has 1 aliphatic carbocycles. The van der Waals surface area contributed by atoms with Crippen LogP contribution in [0.25, 0.3) is 0 Å². The second-order valence-electron chi connectivity index (χ2n) is 7.27. The summed E-state index contributed by atoms with van der Waals surface area (Å²) in [6.07, 6.45) is 2.57. The van der Waals surface area contributed by atoms with Crippen molar-refractivity contribution in [2.75, 3.05) is 13.2 Å². The molecule has 0 heterocycles. The molecule has 0 amide bonds. The van der Waals surface area contributed by atoms with Crippen LogP contribution in [0.4, 0.5) is 17.6 Å². The van der Waals surface area contributed by atoms with Crippen LogP contribution in [-0.2, 0) is 24.4 Å². The normalized spacial score (nSPS) is 18.1. The first-order valence-electron chi connectivity index (χ1n) is 8.88. The van der Waals surface area contributed by atoms with E-state index in [1.54, 1.807) is 0 Å². The summed E-state index contributed by atoms with van der Waals surface area (Å²) in [5.74, 6) is -5.75. The molecule has 0 spiro atoms. The van der Waals surface area contributed by atoms with Crippen molar-refractivity contribution in [3.63, 3.8) is 0 Å². The molecule has 11 heteroatoms. The summed E-state index contributed by atoms with van der Waals surface area (Å²) in [5, 5.41) is -5.65. The van der Waals surface area contributed by atoms with E-state index >= 15 is 0 Å². The van der Waals surface area contributed by atoms with E-state index in [-0.39, 0.29) is 11.5 Å². The number of halogens is 4. The van der Waals surface area contributed by atoms with Crippen molar-refractivity contribution < 1.29 is 44.8 Å². The molecular weight excluding hydrogens is 408 g/mol. The van der Waals surface area contributed by atoms with Crippen molar-refractivity contribution in [1.29, 1.82) is 0 Å². The third kappa shape index (κ3) is 5.66. The van der Waals surface area contributed by atoms with Gasteiger partial charge in [-0.15, -0.1) is 0 Å². The Labute approximate surface area is 162 Å². The molecular formula is C17H26F4O6S. The predicted molar refractivity (Wildman–Crippen MR) is 92.8 cm³/mol. The largest absolute Gasteiger partial charge is 0.455 e. The van der Waals surface area contributed by atoms with Gasteiger partial charge in [-0.3, -0.25) is 4.55 Å². The van der Waals surface area contributed by atoms with Gasteiger partial charge in [0.25, 0.3) is 0 Å². The van der Waals surface area contributed by atoms with Crippen molar-refractivity contribution in [3.05, 3.63) is 12.2 Å². The fraction of sp³-hybridized carbons (Fsp3) is 0.824. The molecule has 28 heavy (non-hydrogen) atoms. The van der Waals surface area contributed by atoms with Gasteiger partial charge < -0.3 is 9.47 Å². The van der Waals surface area contributed by atoms with Crippen molar-refractivity contribution in [1.82, 2.24) is 0 Å². The SMILES string of the molecule is C=C(COCCC(F)(F)C(F)(F)S(=O)(=O)O)C(=O)OC1(C(C)C)CCCCC1. The molecule has 1 N–H and O–H groups in total. The topological polar surface area (TPSA) is 89.9 Å². The first-order valence-corrected chi connectivity index (χ1v) is 10.3. The molecule has 0 unspecified atom stereocenters. The lowest BCUT2D eigenvalue weighted by molar-refractivity contribution is -0.171. The van der Waals surface area contributed by atoms with E-state index < -0.39 is 52.5 Å². The van der Waals surface area contributed by atoms with Crippen LogP contribution in [0.2, 0.25) is 0 Å². The van der Waals surface area contributed by atoms with Gasteiger partial charge in [-0.25, -0.2) is 4.79 Å². The van der Waals surface area contributed by atoms with E-state index in [1.807, 2.05) is 13.8 Å². The Bertz CT molecular complexity index is 669. The van der Waals surface area contributed by atoms with Crippen LogP contribution in [-0.4, -0.2) is 48.9 Å². The zero-order valence-corrected chi connectivity index (χ0v) is 16.7. The van der Waals surface area contributed by atoms with E-state index in [4.69, 9.17) is 14.0 Å². The van der Waals surface area contributed by atoms with Gasteiger partial charge in [-0.2, -0.15) is 26.0 Å². The van der Waals surface area contributed by atoms with Gasteiger partial charge in [-0.1, -0.05) is 26.8 Å². The molecule has 1 fully saturated rings. The summed E-state index contributed by atoms with van der Waals surface area (Å²) < 4.78 is 92.3. The van der Waals surface area contributed by atoms with Gasteiger partial charge in [0.05, 0.1) is 18.8 Å². The average Bonchev–Trinajstić information content (AvgIpc) is 2.58. The number of carbonyl (C=O) groups excluding carboxylic acids is 1. The Balaban J connectivity index is 2.55. The van der Waals surface area contributed by atoms with Gasteiger partial charge in [0.15, 0.2) is 0 Å².